The van der Waals surface area contributed by atoms with Crippen LogP contribution in [0.1, 0.15) is 0 Å². The van der Waals surface area contributed by atoms with Crippen LogP contribution in [0.2, 0.25) is 0 Å². The lowest BCUT2D eigenvalue weighted by atomic mass is 9.99. The Kier molecular flexibility index (Phi) is 3.25. The van der Waals surface area contributed by atoms with E-state index in [4.69, 9.17) is 0 Å². The molecule has 0 aliphatic carbocycles. The lowest BCUT2D eigenvalue weighted by Crippen LogP contribution is -2.36. The normalized spacial score (nSPS) is 23.7. The molecule has 1 fully saturated rings. The maximum atomic E-state index is 12.5. The lowest BCUT2D eigenvalue weighted by Gasteiger charge is -2.15. The fourth-order valence-electron chi connectivity index (χ4n) is 2.41. The summed E-state index contributed by atoms with van der Waals surface area (Å²) in [6.45, 7) is 0. The van der Waals surface area contributed by atoms with Gasteiger partial charge >= 0.3 is 5.97 Å². The van der Waals surface area contributed by atoms with Crippen molar-refractivity contribution in [2.24, 2.45) is 11.0 Å². The number of amides is 2. The molecule has 1 aromatic carbocycles. The summed E-state index contributed by atoms with van der Waals surface area (Å²) in [6.07, 6.45) is 0. The highest BCUT2D eigenvalue weighted by atomic mass is 79.9. The number of carbonyl (C=O) groups excluding carboxylic acids is 3. The van der Waals surface area contributed by atoms with E-state index in [1.807, 2.05) is 0 Å². The first-order valence-electron chi connectivity index (χ1n) is 6.09. The summed E-state index contributed by atoms with van der Waals surface area (Å²) in [6, 6.07) is 5.90. The lowest BCUT2D eigenvalue weighted by molar-refractivity contribution is -0.133. The summed E-state index contributed by atoms with van der Waals surface area (Å²) in [4.78, 5) is 37.5. The van der Waals surface area contributed by atoms with Gasteiger partial charge in [-0.3, -0.25) is 15.0 Å². The van der Waals surface area contributed by atoms with Crippen LogP contribution in [0.3, 0.4) is 0 Å². The molecule has 0 radical (unpaired) electrons. The summed E-state index contributed by atoms with van der Waals surface area (Å²) in [7, 11) is 1.20. The quantitative estimate of drug-likeness (QED) is 0.616. The zero-order chi connectivity index (χ0) is 15.1. The van der Waals surface area contributed by atoms with E-state index in [-0.39, 0.29) is 5.71 Å². The number of rotatable bonds is 2. The van der Waals surface area contributed by atoms with Crippen molar-refractivity contribution < 1.29 is 19.1 Å². The number of methoxy groups -OCH3 is 1. The van der Waals surface area contributed by atoms with Crippen LogP contribution in [0.5, 0.6) is 0 Å². The molecule has 0 bridgehead atoms. The second kappa shape index (κ2) is 4.96. The summed E-state index contributed by atoms with van der Waals surface area (Å²) >= 11 is 3.29. The molecule has 2 amide bonds. The maximum absolute atomic E-state index is 12.5. The predicted molar refractivity (Wildman–Crippen MR) is 76.5 cm³/mol. The SMILES string of the molecule is COC(=O)C1=NN[C@@H]2C(=O)N(c3ccc(Br)cc3)C(=O)[C@@H]12. The number of hydrogen-bond donors (Lipinski definition) is 1. The van der Waals surface area contributed by atoms with Gasteiger partial charge in [-0.15, -0.1) is 0 Å². The molecule has 0 aromatic heterocycles. The number of nitrogens with one attached hydrogen (secondary N) is 1. The van der Waals surface area contributed by atoms with Crippen LogP contribution in [0.4, 0.5) is 5.69 Å². The van der Waals surface area contributed by atoms with Crippen LogP contribution in [0.25, 0.3) is 0 Å². The molecule has 0 spiro atoms. The number of esters is 1. The Labute approximate surface area is 128 Å². The van der Waals surface area contributed by atoms with Gasteiger partial charge < -0.3 is 4.74 Å². The standard InChI is InChI=1S/C13H10BrN3O4/c1-21-13(20)10-8-9(15-16-10)12(19)17(11(8)18)7-4-2-6(14)3-5-7/h2-5,8-9,15H,1H3/t8-,9+/m1/s1. The van der Waals surface area contributed by atoms with Crippen LogP contribution >= 0.6 is 15.9 Å². The molecule has 2 heterocycles. The Morgan fingerprint density at radius 3 is 2.57 bits per heavy atom. The number of nitrogens with zero attached hydrogens (tertiary/aromatic N) is 2. The van der Waals surface area contributed by atoms with Gasteiger partial charge in [0.2, 0.25) is 5.91 Å². The predicted octanol–water partition coefficient (Wildman–Crippen LogP) is 0.439. The molecule has 0 saturated carbocycles. The Balaban J connectivity index is 1.95. The minimum absolute atomic E-state index is 0.0690. The average molecular weight is 352 g/mol. The largest absolute Gasteiger partial charge is 0.464 e. The maximum Gasteiger partial charge on any atom is 0.355 e. The Hall–Kier alpha value is -2.22. The van der Waals surface area contributed by atoms with Crippen LogP contribution < -0.4 is 10.3 Å². The number of benzene rings is 1. The minimum Gasteiger partial charge on any atom is -0.464 e. The Morgan fingerprint density at radius 2 is 1.95 bits per heavy atom. The van der Waals surface area contributed by atoms with Gasteiger partial charge in [0.05, 0.1) is 12.8 Å². The minimum atomic E-state index is -0.936. The number of hydrogen-bond acceptors (Lipinski definition) is 6. The zero-order valence-electron chi connectivity index (χ0n) is 10.9. The van der Waals surface area contributed by atoms with Crippen molar-refractivity contribution >= 4 is 45.1 Å². The van der Waals surface area contributed by atoms with Crippen molar-refractivity contribution in [2.45, 2.75) is 6.04 Å². The second-order valence-corrected chi connectivity index (χ2v) is 5.48. The fraction of sp³-hybridized carbons (Fsp3) is 0.231. The van der Waals surface area contributed by atoms with Gasteiger partial charge in [0.15, 0.2) is 5.71 Å². The number of hydrazone groups is 1. The number of ether oxygens (including phenoxy) is 1. The third-order valence-electron chi connectivity index (χ3n) is 3.40. The van der Waals surface area contributed by atoms with Crippen molar-refractivity contribution in [1.82, 2.24) is 5.43 Å². The van der Waals surface area contributed by atoms with Gasteiger partial charge in [-0.2, -0.15) is 5.10 Å². The molecular weight excluding hydrogens is 342 g/mol. The third-order valence-corrected chi connectivity index (χ3v) is 3.93. The molecule has 21 heavy (non-hydrogen) atoms. The van der Waals surface area contributed by atoms with E-state index in [9.17, 15) is 14.4 Å². The molecule has 8 heteroatoms. The molecule has 1 aromatic rings. The van der Waals surface area contributed by atoms with Crippen molar-refractivity contribution in [3.05, 3.63) is 28.7 Å². The summed E-state index contributed by atoms with van der Waals surface area (Å²) in [5.41, 5.74) is 2.92. The van der Waals surface area contributed by atoms with Crippen LogP contribution in [0, 0.1) is 5.92 Å². The van der Waals surface area contributed by atoms with E-state index in [1.165, 1.54) is 7.11 Å². The van der Waals surface area contributed by atoms with Crippen LogP contribution in [-0.4, -0.2) is 36.6 Å². The first-order chi connectivity index (χ1) is 10.0. The van der Waals surface area contributed by atoms with Gasteiger partial charge in [0, 0.05) is 4.47 Å². The first-order valence-corrected chi connectivity index (χ1v) is 6.88. The number of anilines is 1. The fourth-order valence-corrected chi connectivity index (χ4v) is 2.67. The molecule has 108 valence electrons. The van der Waals surface area contributed by atoms with Crippen molar-refractivity contribution in [3.8, 4) is 0 Å². The van der Waals surface area contributed by atoms with E-state index in [2.05, 4.69) is 31.2 Å². The van der Waals surface area contributed by atoms with E-state index in [1.54, 1.807) is 24.3 Å². The van der Waals surface area contributed by atoms with Gasteiger partial charge in [0.25, 0.3) is 5.91 Å². The Morgan fingerprint density at radius 1 is 1.29 bits per heavy atom. The monoisotopic (exact) mass is 351 g/mol. The van der Waals surface area contributed by atoms with Crippen molar-refractivity contribution in [3.63, 3.8) is 0 Å². The van der Waals surface area contributed by atoms with Gasteiger partial charge in [0.1, 0.15) is 12.0 Å². The zero-order valence-corrected chi connectivity index (χ0v) is 12.5. The highest BCUT2D eigenvalue weighted by molar-refractivity contribution is 9.10. The first kappa shape index (κ1) is 13.7. The molecule has 3 rings (SSSR count). The molecule has 2 aliphatic rings. The summed E-state index contributed by atoms with van der Waals surface area (Å²) in [5, 5.41) is 3.75. The van der Waals surface area contributed by atoms with Crippen LogP contribution in [0.15, 0.2) is 33.8 Å². The molecule has 1 N–H and O–H groups in total. The number of imide groups is 1. The molecule has 2 atom stereocenters. The summed E-state index contributed by atoms with van der Waals surface area (Å²) in [5.74, 6) is -2.57. The number of carbonyl (C=O) groups is 3. The molecule has 7 nitrogen and oxygen atoms in total. The van der Waals surface area contributed by atoms with E-state index in [0.717, 1.165) is 9.37 Å². The highest BCUT2D eigenvalue weighted by Crippen LogP contribution is 2.31. The second-order valence-electron chi connectivity index (χ2n) is 4.56. The highest BCUT2D eigenvalue weighted by Gasteiger charge is 2.55. The molecular formula is C13H10BrN3O4. The number of halogens is 1. The smallest absolute Gasteiger partial charge is 0.355 e. The van der Waals surface area contributed by atoms with E-state index in [0.29, 0.717) is 5.69 Å². The van der Waals surface area contributed by atoms with E-state index >= 15 is 0 Å². The summed E-state index contributed by atoms with van der Waals surface area (Å²) < 4.78 is 5.42. The van der Waals surface area contributed by atoms with Gasteiger partial charge in [-0.25, -0.2) is 9.69 Å². The topological polar surface area (TPSA) is 88.1 Å². The van der Waals surface area contributed by atoms with Crippen LogP contribution in [-0.2, 0) is 19.1 Å². The third kappa shape index (κ3) is 2.02. The molecule has 1 saturated heterocycles. The average Bonchev–Trinajstić information content (AvgIpc) is 3.01. The van der Waals surface area contributed by atoms with Crippen molar-refractivity contribution in [1.29, 1.82) is 0 Å². The van der Waals surface area contributed by atoms with Gasteiger partial charge in [-0.1, -0.05) is 15.9 Å². The molecule has 0 unspecified atom stereocenters. The van der Waals surface area contributed by atoms with E-state index < -0.39 is 29.7 Å². The Bertz CT molecular complexity index is 670. The van der Waals surface area contributed by atoms with Crippen molar-refractivity contribution in [2.75, 3.05) is 12.0 Å². The van der Waals surface area contributed by atoms with Gasteiger partial charge in [-0.05, 0) is 24.3 Å². The number of fused-ring (bicyclic) bond motifs is 1. The molecule has 2 aliphatic heterocycles.